The first-order chi connectivity index (χ1) is 10.8. The molecule has 0 amide bonds. The Morgan fingerprint density at radius 1 is 1.27 bits per heavy atom. The Bertz CT molecular complexity index is 557. The lowest BCUT2D eigenvalue weighted by Gasteiger charge is -2.32. The summed E-state index contributed by atoms with van der Waals surface area (Å²) >= 11 is 1.95. The number of rotatable bonds is 2. The summed E-state index contributed by atoms with van der Waals surface area (Å²) in [6.45, 7) is 2.87. The molecule has 4 nitrogen and oxygen atoms in total. The maximum atomic E-state index is 9.09. The molecule has 1 aromatic heterocycles. The van der Waals surface area contributed by atoms with Crippen LogP contribution in [0, 0.1) is 23.3 Å². The number of piperidine rings is 1. The van der Waals surface area contributed by atoms with Crippen molar-refractivity contribution in [2.24, 2.45) is 11.8 Å². The van der Waals surface area contributed by atoms with Gasteiger partial charge in [0, 0.05) is 30.7 Å². The minimum atomic E-state index is 0.424. The van der Waals surface area contributed by atoms with E-state index in [1.54, 1.807) is 0 Å². The van der Waals surface area contributed by atoms with Crippen LogP contribution in [0.1, 0.15) is 60.4 Å². The van der Waals surface area contributed by atoms with Crippen molar-refractivity contribution in [3.8, 4) is 6.19 Å². The molecule has 1 aliphatic carbocycles. The zero-order valence-corrected chi connectivity index (χ0v) is 13.8. The van der Waals surface area contributed by atoms with Gasteiger partial charge in [0.25, 0.3) is 0 Å². The van der Waals surface area contributed by atoms with E-state index >= 15 is 0 Å². The summed E-state index contributed by atoms with van der Waals surface area (Å²) in [6.07, 6.45) is 12.5. The number of likely N-dealkylation sites (tertiary alicyclic amines) is 1. The monoisotopic (exact) mass is 316 g/mol. The van der Waals surface area contributed by atoms with Gasteiger partial charge in [0.2, 0.25) is 0 Å². The molecule has 0 radical (unpaired) electrons. The Balaban J connectivity index is 1.47. The standard InChI is InChI=1S/C17H24N4S/c18-11-21-7-6-14-13(10-21)8-19-16(14)17-20-9-15(22-17)12-4-2-1-3-5-12/h9,12-14,16,19H,1-8,10H2. The van der Waals surface area contributed by atoms with E-state index in [4.69, 9.17) is 10.2 Å². The summed E-state index contributed by atoms with van der Waals surface area (Å²) in [5.74, 6) is 2.04. The summed E-state index contributed by atoms with van der Waals surface area (Å²) < 4.78 is 0. The van der Waals surface area contributed by atoms with Gasteiger partial charge >= 0.3 is 0 Å². The average molecular weight is 316 g/mol. The van der Waals surface area contributed by atoms with Gasteiger partial charge in [0.05, 0.1) is 6.04 Å². The molecule has 0 spiro atoms. The lowest BCUT2D eigenvalue weighted by molar-refractivity contribution is 0.189. The third kappa shape index (κ3) is 2.63. The normalized spacial score (nSPS) is 32.7. The van der Waals surface area contributed by atoms with Crippen molar-refractivity contribution in [3.63, 3.8) is 0 Å². The lowest BCUT2D eigenvalue weighted by Crippen LogP contribution is -2.37. The third-order valence-electron chi connectivity index (χ3n) is 5.78. The van der Waals surface area contributed by atoms with Crippen LogP contribution in [-0.2, 0) is 0 Å². The minimum Gasteiger partial charge on any atom is -0.310 e. The first kappa shape index (κ1) is 14.5. The zero-order valence-electron chi connectivity index (χ0n) is 13.0. The molecule has 4 rings (SSSR count). The van der Waals surface area contributed by atoms with Crippen LogP contribution in [0.4, 0.5) is 0 Å². The van der Waals surface area contributed by atoms with E-state index in [1.807, 2.05) is 16.2 Å². The predicted octanol–water partition coefficient (Wildman–Crippen LogP) is 3.25. The van der Waals surface area contributed by atoms with Crippen LogP contribution in [0.2, 0.25) is 0 Å². The van der Waals surface area contributed by atoms with Crippen LogP contribution >= 0.6 is 11.3 Å². The number of hydrogen-bond donors (Lipinski definition) is 1. The summed E-state index contributed by atoms with van der Waals surface area (Å²) in [7, 11) is 0. The topological polar surface area (TPSA) is 52.0 Å². The SMILES string of the molecule is N#CN1CCC2C(CNC2c2ncc(C3CCCCC3)s2)C1. The quantitative estimate of drug-likeness (QED) is 0.851. The lowest BCUT2D eigenvalue weighted by atomic mass is 9.84. The summed E-state index contributed by atoms with van der Waals surface area (Å²) in [5, 5.41) is 14.1. The number of fused-ring (bicyclic) bond motifs is 1. The molecule has 3 atom stereocenters. The fourth-order valence-electron chi connectivity index (χ4n) is 4.52. The average Bonchev–Trinajstić information content (AvgIpc) is 3.21. The highest BCUT2D eigenvalue weighted by molar-refractivity contribution is 7.11. The van der Waals surface area contributed by atoms with Gasteiger partial charge in [-0.2, -0.15) is 5.26 Å². The molecule has 3 unspecified atom stereocenters. The van der Waals surface area contributed by atoms with E-state index in [1.165, 1.54) is 42.0 Å². The second-order valence-corrected chi connectivity index (χ2v) is 8.17. The van der Waals surface area contributed by atoms with Crippen molar-refractivity contribution in [1.29, 1.82) is 5.26 Å². The summed E-state index contributed by atoms with van der Waals surface area (Å²) in [5.41, 5.74) is 0. The van der Waals surface area contributed by atoms with E-state index in [0.717, 1.165) is 32.0 Å². The number of nitriles is 1. The van der Waals surface area contributed by atoms with Crippen molar-refractivity contribution < 1.29 is 0 Å². The Labute approximate surface area is 136 Å². The van der Waals surface area contributed by atoms with E-state index in [0.29, 0.717) is 17.9 Å². The highest BCUT2D eigenvalue weighted by atomic mass is 32.1. The van der Waals surface area contributed by atoms with Crippen molar-refractivity contribution >= 4 is 11.3 Å². The van der Waals surface area contributed by atoms with Crippen molar-refractivity contribution in [1.82, 2.24) is 15.2 Å². The second-order valence-electron chi connectivity index (χ2n) is 7.08. The van der Waals surface area contributed by atoms with Gasteiger partial charge in [-0.1, -0.05) is 19.3 Å². The fraction of sp³-hybridized carbons (Fsp3) is 0.765. The van der Waals surface area contributed by atoms with Gasteiger partial charge in [-0.15, -0.1) is 11.3 Å². The summed E-state index contributed by atoms with van der Waals surface area (Å²) in [6, 6.07) is 0.424. The molecule has 118 valence electrons. The first-order valence-electron chi connectivity index (χ1n) is 8.69. The molecule has 0 bridgehead atoms. The number of aromatic nitrogens is 1. The van der Waals surface area contributed by atoms with E-state index in [9.17, 15) is 0 Å². The fourth-order valence-corrected chi connectivity index (χ4v) is 5.76. The van der Waals surface area contributed by atoms with Crippen molar-refractivity contribution in [2.75, 3.05) is 19.6 Å². The Morgan fingerprint density at radius 3 is 2.95 bits per heavy atom. The van der Waals surface area contributed by atoms with Gasteiger partial charge in [-0.05, 0) is 37.0 Å². The first-order valence-corrected chi connectivity index (χ1v) is 9.50. The molecule has 3 aliphatic rings. The van der Waals surface area contributed by atoms with Crippen LogP contribution in [0.3, 0.4) is 0 Å². The van der Waals surface area contributed by atoms with Gasteiger partial charge < -0.3 is 10.2 Å². The molecular weight excluding hydrogens is 292 g/mol. The molecule has 3 heterocycles. The molecule has 2 saturated heterocycles. The van der Waals surface area contributed by atoms with Crippen LogP contribution in [0.5, 0.6) is 0 Å². The van der Waals surface area contributed by atoms with Crippen LogP contribution < -0.4 is 5.32 Å². The van der Waals surface area contributed by atoms with Crippen LogP contribution in [0.25, 0.3) is 0 Å². The van der Waals surface area contributed by atoms with Gasteiger partial charge in [0.1, 0.15) is 5.01 Å². The third-order valence-corrected chi connectivity index (χ3v) is 7.02. The molecule has 5 heteroatoms. The maximum Gasteiger partial charge on any atom is 0.179 e. The maximum absolute atomic E-state index is 9.09. The Kier molecular flexibility index (Phi) is 4.06. The smallest absolute Gasteiger partial charge is 0.179 e. The Hall–Kier alpha value is -1.12. The Morgan fingerprint density at radius 2 is 2.14 bits per heavy atom. The molecule has 22 heavy (non-hydrogen) atoms. The van der Waals surface area contributed by atoms with E-state index in [-0.39, 0.29) is 0 Å². The summed E-state index contributed by atoms with van der Waals surface area (Å²) in [4.78, 5) is 8.21. The minimum absolute atomic E-state index is 0.424. The highest BCUT2D eigenvalue weighted by Crippen LogP contribution is 2.42. The number of nitrogens with zero attached hydrogens (tertiary/aromatic N) is 3. The molecule has 1 aromatic rings. The van der Waals surface area contributed by atoms with Crippen molar-refractivity contribution in [2.45, 2.75) is 50.5 Å². The zero-order chi connectivity index (χ0) is 14.9. The molecule has 0 aromatic carbocycles. The van der Waals surface area contributed by atoms with Gasteiger partial charge in [-0.3, -0.25) is 0 Å². The molecular formula is C17H24N4S. The van der Waals surface area contributed by atoms with Crippen molar-refractivity contribution in [3.05, 3.63) is 16.1 Å². The molecule has 1 saturated carbocycles. The molecule has 2 aliphatic heterocycles. The van der Waals surface area contributed by atoms with Crippen LogP contribution in [-0.4, -0.2) is 29.5 Å². The van der Waals surface area contributed by atoms with Crippen LogP contribution in [0.15, 0.2) is 6.20 Å². The largest absolute Gasteiger partial charge is 0.310 e. The number of thiazole rings is 1. The van der Waals surface area contributed by atoms with E-state index < -0.39 is 0 Å². The predicted molar refractivity (Wildman–Crippen MR) is 87.5 cm³/mol. The van der Waals surface area contributed by atoms with Gasteiger partial charge in [-0.25, -0.2) is 4.98 Å². The molecule has 1 N–H and O–H groups in total. The highest BCUT2D eigenvalue weighted by Gasteiger charge is 2.41. The molecule has 3 fully saturated rings. The van der Waals surface area contributed by atoms with E-state index in [2.05, 4.69) is 17.7 Å². The van der Waals surface area contributed by atoms with Gasteiger partial charge in [0.15, 0.2) is 6.19 Å². The number of nitrogens with one attached hydrogen (secondary N) is 1. The number of hydrogen-bond acceptors (Lipinski definition) is 5. The second kappa shape index (κ2) is 6.17.